The molecule has 0 spiro atoms. The van der Waals surface area contributed by atoms with Gasteiger partial charge >= 0.3 is 5.97 Å². The van der Waals surface area contributed by atoms with E-state index >= 15 is 0 Å². The standard InChI is InChI=1S/C10H11F2NO4/c1-2-17-8(15)4-6-7(14)3-5(9(11)12)10(16)13-6/h3,9,14H,2,4H2,1H3,(H,13,16). The van der Waals surface area contributed by atoms with E-state index < -0.39 is 29.3 Å². The molecule has 1 aromatic heterocycles. The van der Waals surface area contributed by atoms with Gasteiger partial charge in [0, 0.05) is 0 Å². The molecule has 0 amide bonds. The second kappa shape index (κ2) is 5.42. The molecule has 0 aliphatic carbocycles. The molecular formula is C10H11F2NO4. The van der Waals surface area contributed by atoms with Gasteiger partial charge in [-0.15, -0.1) is 0 Å². The zero-order valence-corrected chi connectivity index (χ0v) is 9.00. The van der Waals surface area contributed by atoms with E-state index in [0.29, 0.717) is 6.07 Å². The molecule has 0 bridgehead atoms. The van der Waals surface area contributed by atoms with Crippen molar-refractivity contribution in [3.8, 4) is 5.75 Å². The van der Waals surface area contributed by atoms with Gasteiger partial charge in [-0.1, -0.05) is 0 Å². The molecule has 0 aliphatic rings. The number of nitrogens with one attached hydrogen (secondary N) is 1. The Morgan fingerprint density at radius 1 is 1.59 bits per heavy atom. The molecule has 0 fully saturated rings. The molecule has 0 saturated heterocycles. The highest BCUT2D eigenvalue weighted by Crippen LogP contribution is 2.21. The van der Waals surface area contributed by atoms with E-state index in [9.17, 15) is 23.5 Å². The predicted molar refractivity (Wildman–Crippen MR) is 54.0 cm³/mol. The molecule has 0 aromatic carbocycles. The number of pyridine rings is 1. The van der Waals surface area contributed by atoms with Gasteiger partial charge in [0.25, 0.3) is 12.0 Å². The van der Waals surface area contributed by atoms with Crippen LogP contribution in [0.1, 0.15) is 24.6 Å². The Labute approximate surface area is 95.0 Å². The van der Waals surface area contributed by atoms with Crippen LogP contribution in [-0.4, -0.2) is 22.7 Å². The van der Waals surface area contributed by atoms with Crippen LogP contribution in [0.25, 0.3) is 0 Å². The average Bonchev–Trinajstić information content (AvgIpc) is 2.22. The van der Waals surface area contributed by atoms with Crippen molar-refractivity contribution in [1.29, 1.82) is 0 Å². The Hall–Kier alpha value is -1.92. The largest absolute Gasteiger partial charge is 0.506 e. The topological polar surface area (TPSA) is 79.4 Å². The summed E-state index contributed by atoms with van der Waals surface area (Å²) in [6, 6.07) is 0.651. The molecular weight excluding hydrogens is 236 g/mol. The van der Waals surface area contributed by atoms with Gasteiger partial charge < -0.3 is 14.8 Å². The molecule has 17 heavy (non-hydrogen) atoms. The molecule has 0 saturated carbocycles. The first-order valence-corrected chi connectivity index (χ1v) is 4.84. The molecule has 1 heterocycles. The summed E-state index contributed by atoms with van der Waals surface area (Å²) >= 11 is 0. The van der Waals surface area contributed by atoms with Crippen molar-refractivity contribution in [1.82, 2.24) is 4.98 Å². The van der Waals surface area contributed by atoms with E-state index in [1.54, 1.807) is 6.92 Å². The van der Waals surface area contributed by atoms with Crippen molar-refractivity contribution in [3.63, 3.8) is 0 Å². The average molecular weight is 247 g/mol. The minimum atomic E-state index is -2.98. The third-order valence-electron chi connectivity index (χ3n) is 1.99. The minimum absolute atomic E-state index is 0.141. The van der Waals surface area contributed by atoms with E-state index in [2.05, 4.69) is 4.74 Å². The molecule has 1 rings (SSSR count). The fraction of sp³-hybridized carbons (Fsp3) is 0.400. The number of aromatic amines is 1. The lowest BCUT2D eigenvalue weighted by Gasteiger charge is -2.06. The van der Waals surface area contributed by atoms with Crippen LogP contribution in [0.15, 0.2) is 10.9 Å². The fourth-order valence-corrected chi connectivity index (χ4v) is 1.23. The first kappa shape index (κ1) is 13.1. The number of carbonyl (C=O) groups excluding carboxylic acids is 1. The molecule has 1 aromatic rings. The van der Waals surface area contributed by atoms with Gasteiger partial charge in [-0.05, 0) is 13.0 Å². The highest BCUT2D eigenvalue weighted by Gasteiger charge is 2.17. The summed E-state index contributed by atoms with van der Waals surface area (Å²) in [5.74, 6) is -1.23. The van der Waals surface area contributed by atoms with Gasteiger partial charge in [0.1, 0.15) is 5.75 Å². The van der Waals surface area contributed by atoms with Crippen molar-refractivity contribution >= 4 is 5.97 Å². The number of rotatable bonds is 4. The van der Waals surface area contributed by atoms with Gasteiger partial charge in [0.15, 0.2) is 0 Å². The van der Waals surface area contributed by atoms with E-state index in [1.165, 1.54) is 0 Å². The second-order valence-electron chi connectivity index (χ2n) is 3.20. The molecule has 0 aliphatic heterocycles. The number of aromatic hydroxyl groups is 1. The predicted octanol–water partition coefficient (Wildman–Crippen LogP) is 1.12. The molecule has 2 N–H and O–H groups in total. The lowest BCUT2D eigenvalue weighted by Crippen LogP contribution is -2.17. The van der Waals surface area contributed by atoms with Gasteiger partial charge in [-0.3, -0.25) is 9.59 Å². The van der Waals surface area contributed by atoms with Crippen LogP contribution in [0.5, 0.6) is 5.75 Å². The van der Waals surface area contributed by atoms with Crippen LogP contribution in [0, 0.1) is 0 Å². The molecule has 7 heteroatoms. The van der Waals surface area contributed by atoms with E-state index in [4.69, 9.17) is 0 Å². The number of halogens is 2. The Morgan fingerprint density at radius 2 is 2.24 bits per heavy atom. The second-order valence-corrected chi connectivity index (χ2v) is 3.20. The number of H-pyrrole nitrogens is 1. The lowest BCUT2D eigenvalue weighted by molar-refractivity contribution is -0.142. The Morgan fingerprint density at radius 3 is 2.76 bits per heavy atom. The maximum absolute atomic E-state index is 12.3. The smallest absolute Gasteiger partial charge is 0.311 e. The first-order valence-electron chi connectivity index (χ1n) is 4.84. The quantitative estimate of drug-likeness (QED) is 0.781. The van der Waals surface area contributed by atoms with Crippen LogP contribution >= 0.6 is 0 Å². The number of ether oxygens (including phenoxy) is 1. The monoisotopic (exact) mass is 247 g/mol. The van der Waals surface area contributed by atoms with Crippen LogP contribution in [0.2, 0.25) is 0 Å². The highest BCUT2D eigenvalue weighted by molar-refractivity contribution is 5.72. The number of hydrogen-bond acceptors (Lipinski definition) is 4. The summed E-state index contributed by atoms with van der Waals surface area (Å²) in [5, 5.41) is 9.37. The maximum atomic E-state index is 12.3. The summed E-state index contributed by atoms with van der Waals surface area (Å²) in [6.45, 7) is 1.75. The van der Waals surface area contributed by atoms with Gasteiger partial charge in [-0.25, -0.2) is 8.78 Å². The minimum Gasteiger partial charge on any atom is -0.506 e. The molecule has 0 radical (unpaired) electrons. The number of carbonyl (C=O) groups is 1. The van der Waals surface area contributed by atoms with Crippen molar-refractivity contribution in [2.24, 2.45) is 0 Å². The highest BCUT2D eigenvalue weighted by atomic mass is 19.3. The van der Waals surface area contributed by atoms with Crippen LogP contribution in [-0.2, 0) is 16.0 Å². The van der Waals surface area contributed by atoms with Crippen molar-refractivity contribution in [2.75, 3.05) is 6.61 Å². The van der Waals surface area contributed by atoms with Crippen LogP contribution in [0.3, 0.4) is 0 Å². The van der Waals surface area contributed by atoms with E-state index in [0.717, 1.165) is 0 Å². The summed E-state index contributed by atoms with van der Waals surface area (Å²) in [7, 11) is 0. The third kappa shape index (κ3) is 3.27. The number of aromatic nitrogens is 1. The third-order valence-corrected chi connectivity index (χ3v) is 1.99. The molecule has 0 unspecified atom stereocenters. The van der Waals surface area contributed by atoms with Crippen LogP contribution in [0.4, 0.5) is 8.78 Å². The molecule has 5 nitrogen and oxygen atoms in total. The number of hydrogen-bond donors (Lipinski definition) is 2. The summed E-state index contributed by atoms with van der Waals surface area (Å²) in [6.07, 6.45) is -3.36. The SMILES string of the molecule is CCOC(=O)Cc1[nH]c(=O)c(C(F)F)cc1O. The van der Waals surface area contributed by atoms with Crippen LogP contribution < -0.4 is 5.56 Å². The summed E-state index contributed by atoms with van der Waals surface area (Å²) < 4.78 is 29.2. The van der Waals surface area contributed by atoms with Gasteiger partial charge in [-0.2, -0.15) is 0 Å². The van der Waals surface area contributed by atoms with Gasteiger partial charge in [0.05, 0.1) is 24.3 Å². The number of alkyl halides is 2. The zero-order valence-electron chi connectivity index (χ0n) is 9.00. The summed E-state index contributed by atoms with van der Waals surface area (Å²) in [4.78, 5) is 24.3. The Balaban J connectivity index is 3.00. The Bertz CT molecular complexity index is 470. The normalized spacial score (nSPS) is 10.6. The Kier molecular flexibility index (Phi) is 4.19. The van der Waals surface area contributed by atoms with Gasteiger partial charge in [0.2, 0.25) is 0 Å². The first-order chi connectivity index (χ1) is 7.95. The van der Waals surface area contributed by atoms with E-state index in [1.807, 2.05) is 4.98 Å². The fourth-order valence-electron chi connectivity index (χ4n) is 1.23. The lowest BCUT2D eigenvalue weighted by atomic mass is 10.2. The zero-order chi connectivity index (χ0) is 13.0. The molecule has 94 valence electrons. The van der Waals surface area contributed by atoms with Crippen molar-refractivity contribution in [3.05, 3.63) is 27.7 Å². The maximum Gasteiger partial charge on any atom is 0.311 e. The van der Waals surface area contributed by atoms with E-state index in [-0.39, 0.29) is 18.7 Å². The number of esters is 1. The van der Waals surface area contributed by atoms with Crippen molar-refractivity contribution in [2.45, 2.75) is 19.8 Å². The van der Waals surface area contributed by atoms with Crippen molar-refractivity contribution < 1.29 is 23.4 Å². The summed E-state index contributed by atoms with van der Waals surface area (Å²) in [5.41, 5.74) is -2.01. The molecule has 0 atom stereocenters.